The van der Waals surface area contributed by atoms with Gasteiger partial charge in [-0.2, -0.15) is 0 Å². The zero-order valence-electron chi connectivity index (χ0n) is 22.1. The summed E-state index contributed by atoms with van der Waals surface area (Å²) in [6.07, 6.45) is 0.702. The SMILES string of the molecule is Cc1ccc(C)c(OCCCC(C)(C)C(=O)Nc2ccc(NC(=O)C(C)Oc3ccccc3Cl)cc2)c1. The highest BCUT2D eigenvalue weighted by Crippen LogP contribution is 2.27. The molecule has 7 heteroatoms. The molecule has 0 saturated carbocycles. The third-order valence-corrected chi connectivity index (χ3v) is 6.39. The first-order valence-electron chi connectivity index (χ1n) is 12.4. The average Bonchev–Trinajstić information content (AvgIpc) is 2.86. The number of aryl methyl sites for hydroxylation is 2. The van der Waals surface area contributed by atoms with Gasteiger partial charge in [-0.05, 0) is 87.2 Å². The molecular weight excluding hydrogens is 488 g/mol. The van der Waals surface area contributed by atoms with Crippen molar-refractivity contribution in [2.75, 3.05) is 17.2 Å². The Bertz CT molecular complexity index is 1220. The molecule has 3 aromatic carbocycles. The van der Waals surface area contributed by atoms with Crippen molar-refractivity contribution in [3.63, 3.8) is 0 Å². The molecule has 0 aromatic heterocycles. The summed E-state index contributed by atoms with van der Waals surface area (Å²) in [5.74, 6) is 0.960. The van der Waals surface area contributed by atoms with E-state index >= 15 is 0 Å². The van der Waals surface area contributed by atoms with Gasteiger partial charge in [0.05, 0.1) is 11.6 Å². The number of benzene rings is 3. The topological polar surface area (TPSA) is 76.7 Å². The summed E-state index contributed by atoms with van der Waals surface area (Å²) in [5.41, 5.74) is 2.95. The Hall–Kier alpha value is -3.51. The van der Waals surface area contributed by atoms with Crippen molar-refractivity contribution in [2.24, 2.45) is 5.41 Å². The van der Waals surface area contributed by atoms with Crippen molar-refractivity contribution in [1.82, 2.24) is 0 Å². The fourth-order valence-electron chi connectivity index (χ4n) is 3.64. The van der Waals surface area contributed by atoms with Gasteiger partial charge in [-0.1, -0.05) is 49.7 Å². The summed E-state index contributed by atoms with van der Waals surface area (Å²) in [6.45, 7) is 10.1. The van der Waals surface area contributed by atoms with Gasteiger partial charge in [-0.15, -0.1) is 0 Å². The fraction of sp³-hybridized carbons (Fsp3) is 0.333. The monoisotopic (exact) mass is 522 g/mol. The molecule has 6 nitrogen and oxygen atoms in total. The van der Waals surface area contributed by atoms with Crippen LogP contribution in [0.2, 0.25) is 5.02 Å². The number of hydrogen-bond acceptors (Lipinski definition) is 4. The summed E-state index contributed by atoms with van der Waals surface area (Å²) < 4.78 is 11.6. The Labute approximate surface area is 224 Å². The lowest BCUT2D eigenvalue weighted by molar-refractivity contribution is -0.124. The maximum atomic E-state index is 12.9. The van der Waals surface area contributed by atoms with E-state index in [1.54, 1.807) is 55.5 Å². The smallest absolute Gasteiger partial charge is 0.265 e. The lowest BCUT2D eigenvalue weighted by atomic mass is 9.87. The van der Waals surface area contributed by atoms with Crippen LogP contribution in [-0.4, -0.2) is 24.5 Å². The minimum Gasteiger partial charge on any atom is -0.493 e. The zero-order valence-corrected chi connectivity index (χ0v) is 22.8. The van der Waals surface area contributed by atoms with Gasteiger partial charge in [0.2, 0.25) is 5.91 Å². The minimum atomic E-state index is -0.737. The van der Waals surface area contributed by atoms with Gasteiger partial charge in [0, 0.05) is 16.8 Å². The van der Waals surface area contributed by atoms with Gasteiger partial charge >= 0.3 is 0 Å². The highest BCUT2D eigenvalue weighted by Gasteiger charge is 2.27. The van der Waals surface area contributed by atoms with Gasteiger partial charge in [-0.25, -0.2) is 0 Å². The van der Waals surface area contributed by atoms with Crippen LogP contribution in [0, 0.1) is 19.3 Å². The molecule has 0 spiro atoms. The first kappa shape index (κ1) is 28.1. The van der Waals surface area contributed by atoms with E-state index in [0.717, 1.165) is 23.3 Å². The molecule has 0 fully saturated rings. The predicted octanol–water partition coefficient (Wildman–Crippen LogP) is 7.19. The van der Waals surface area contributed by atoms with Gasteiger partial charge < -0.3 is 20.1 Å². The van der Waals surface area contributed by atoms with E-state index in [9.17, 15) is 9.59 Å². The number of carbonyl (C=O) groups excluding carboxylic acids is 2. The molecule has 37 heavy (non-hydrogen) atoms. The van der Waals surface area contributed by atoms with Crippen LogP contribution in [0.25, 0.3) is 0 Å². The third kappa shape index (κ3) is 8.25. The molecule has 3 rings (SSSR count). The zero-order chi connectivity index (χ0) is 27.0. The lowest BCUT2D eigenvalue weighted by Gasteiger charge is -2.24. The Kier molecular flexibility index (Phi) is 9.59. The van der Waals surface area contributed by atoms with E-state index in [0.29, 0.717) is 35.2 Å². The molecule has 0 bridgehead atoms. The van der Waals surface area contributed by atoms with Gasteiger partial charge in [0.15, 0.2) is 6.10 Å². The standard InChI is InChI=1S/C30H35ClN2O4/c1-20-11-12-21(2)27(19-20)36-18-8-17-30(4,5)29(35)33-24-15-13-23(14-16-24)32-28(34)22(3)37-26-10-7-6-9-25(26)31/h6-7,9-16,19,22H,8,17-18H2,1-5H3,(H,32,34)(H,33,35). The summed E-state index contributed by atoms with van der Waals surface area (Å²) in [5, 5.41) is 6.23. The Balaban J connectivity index is 1.46. The number of para-hydroxylation sites is 1. The molecule has 196 valence electrons. The predicted molar refractivity (Wildman–Crippen MR) is 150 cm³/mol. The number of nitrogens with one attached hydrogen (secondary N) is 2. The molecule has 2 amide bonds. The van der Waals surface area contributed by atoms with Crippen LogP contribution >= 0.6 is 11.6 Å². The first-order chi connectivity index (χ1) is 17.5. The number of halogens is 1. The quantitative estimate of drug-likeness (QED) is 0.261. The Morgan fingerprint density at radius 1 is 0.919 bits per heavy atom. The van der Waals surface area contributed by atoms with E-state index in [4.69, 9.17) is 21.1 Å². The average molecular weight is 523 g/mol. The summed E-state index contributed by atoms with van der Waals surface area (Å²) in [4.78, 5) is 25.4. The molecule has 0 aliphatic rings. The largest absolute Gasteiger partial charge is 0.493 e. The highest BCUT2D eigenvalue weighted by atomic mass is 35.5. The number of amides is 2. The van der Waals surface area contributed by atoms with Crippen molar-refractivity contribution in [3.05, 3.63) is 82.9 Å². The minimum absolute atomic E-state index is 0.0715. The van der Waals surface area contributed by atoms with Crippen LogP contribution < -0.4 is 20.1 Å². The fourth-order valence-corrected chi connectivity index (χ4v) is 3.82. The molecule has 0 heterocycles. The van der Waals surface area contributed by atoms with Crippen LogP contribution in [0.5, 0.6) is 11.5 Å². The number of carbonyl (C=O) groups is 2. The van der Waals surface area contributed by atoms with E-state index < -0.39 is 11.5 Å². The van der Waals surface area contributed by atoms with Crippen molar-refractivity contribution in [2.45, 2.75) is 53.6 Å². The Morgan fingerprint density at radius 2 is 1.57 bits per heavy atom. The Morgan fingerprint density at radius 3 is 2.24 bits per heavy atom. The highest BCUT2D eigenvalue weighted by molar-refractivity contribution is 6.32. The normalized spacial score (nSPS) is 11.9. The molecular formula is C30H35ClN2O4. The van der Waals surface area contributed by atoms with E-state index in [2.05, 4.69) is 16.7 Å². The van der Waals surface area contributed by atoms with Crippen LogP contribution in [0.15, 0.2) is 66.7 Å². The third-order valence-electron chi connectivity index (χ3n) is 6.08. The molecule has 2 N–H and O–H groups in total. The number of rotatable bonds is 11. The number of anilines is 2. The maximum Gasteiger partial charge on any atom is 0.265 e. The van der Waals surface area contributed by atoms with Crippen molar-refractivity contribution in [1.29, 1.82) is 0 Å². The lowest BCUT2D eigenvalue weighted by Crippen LogP contribution is -2.31. The molecule has 0 saturated heterocycles. The molecule has 1 unspecified atom stereocenters. The van der Waals surface area contributed by atoms with Crippen LogP contribution in [0.4, 0.5) is 11.4 Å². The second kappa shape index (κ2) is 12.6. The molecule has 1 atom stereocenters. The van der Waals surface area contributed by atoms with E-state index in [1.807, 2.05) is 39.8 Å². The first-order valence-corrected chi connectivity index (χ1v) is 12.8. The van der Waals surface area contributed by atoms with Crippen molar-refractivity contribution in [3.8, 4) is 11.5 Å². The summed E-state index contributed by atoms with van der Waals surface area (Å²) in [6, 6.07) is 20.1. The van der Waals surface area contributed by atoms with Gasteiger partial charge in [0.1, 0.15) is 11.5 Å². The van der Waals surface area contributed by atoms with Gasteiger partial charge in [0.25, 0.3) is 5.91 Å². The second-order valence-electron chi connectivity index (χ2n) is 9.82. The molecule has 0 aliphatic carbocycles. The molecule has 0 radical (unpaired) electrons. The molecule has 3 aromatic rings. The summed E-state index contributed by atoms with van der Waals surface area (Å²) in [7, 11) is 0. The number of ether oxygens (including phenoxy) is 2. The van der Waals surface area contributed by atoms with E-state index in [-0.39, 0.29) is 11.8 Å². The summed E-state index contributed by atoms with van der Waals surface area (Å²) >= 11 is 6.10. The van der Waals surface area contributed by atoms with Crippen LogP contribution in [-0.2, 0) is 9.59 Å². The second-order valence-corrected chi connectivity index (χ2v) is 10.2. The van der Waals surface area contributed by atoms with Crippen LogP contribution in [0.3, 0.4) is 0 Å². The number of hydrogen-bond donors (Lipinski definition) is 2. The molecule has 0 aliphatic heterocycles. The van der Waals surface area contributed by atoms with Crippen molar-refractivity contribution < 1.29 is 19.1 Å². The van der Waals surface area contributed by atoms with Gasteiger partial charge in [-0.3, -0.25) is 9.59 Å². The van der Waals surface area contributed by atoms with E-state index in [1.165, 1.54) is 0 Å². The van der Waals surface area contributed by atoms with Crippen LogP contribution in [0.1, 0.15) is 44.7 Å². The maximum absolute atomic E-state index is 12.9. The van der Waals surface area contributed by atoms with Crippen molar-refractivity contribution >= 4 is 34.8 Å².